The van der Waals surface area contributed by atoms with E-state index in [4.69, 9.17) is 0 Å². The van der Waals surface area contributed by atoms with Gasteiger partial charge in [0.05, 0.1) is 0 Å². The quantitative estimate of drug-likeness (QED) is 0.823. The van der Waals surface area contributed by atoms with E-state index in [0.717, 1.165) is 18.4 Å². The maximum Gasteiger partial charge on any atom is 0.164 e. The number of benzene rings is 1. The molecule has 1 aromatic rings. The smallest absolute Gasteiger partial charge is 0.164 e. The number of hydrogen-bond acceptors (Lipinski definition) is 2. The highest BCUT2D eigenvalue weighted by atomic mass is 16.1. The predicted octanol–water partition coefficient (Wildman–Crippen LogP) is 3.49. The molecule has 18 heavy (non-hydrogen) atoms. The van der Waals surface area contributed by atoms with Gasteiger partial charge in [0.2, 0.25) is 0 Å². The minimum Gasteiger partial charge on any atom is -0.314 e. The molecule has 1 saturated carbocycles. The number of Topliss-reactive ketones (excluding diaryl/α,β-unsaturated/α-hetero) is 1. The van der Waals surface area contributed by atoms with Gasteiger partial charge in [-0.25, -0.2) is 0 Å². The Balaban J connectivity index is 2.07. The number of nitrogens with one attached hydrogen (secondary N) is 1. The van der Waals surface area contributed by atoms with E-state index in [-0.39, 0.29) is 11.3 Å². The normalized spacial score (nSPS) is 18.6. The minimum atomic E-state index is 0.0419. The Labute approximate surface area is 110 Å². The zero-order valence-corrected chi connectivity index (χ0v) is 11.5. The molecule has 0 atom stereocenters. The summed E-state index contributed by atoms with van der Waals surface area (Å²) in [6.07, 6.45) is 6.67. The number of carbonyl (C=O) groups excluding carboxylic acids is 1. The molecule has 0 bridgehead atoms. The number of hydrogen-bond donors (Lipinski definition) is 1. The van der Waals surface area contributed by atoms with Crippen LogP contribution in [0.3, 0.4) is 0 Å². The van der Waals surface area contributed by atoms with E-state index in [1.807, 2.05) is 38.2 Å². The summed E-state index contributed by atoms with van der Waals surface area (Å²) < 4.78 is 0. The van der Waals surface area contributed by atoms with Crippen molar-refractivity contribution < 1.29 is 4.79 Å². The lowest BCUT2D eigenvalue weighted by atomic mass is 9.77. The topological polar surface area (TPSA) is 29.1 Å². The average Bonchev–Trinajstić information content (AvgIpc) is 2.40. The summed E-state index contributed by atoms with van der Waals surface area (Å²) in [5.74, 6) is 0.270. The Morgan fingerprint density at radius 1 is 1.17 bits per heavy atom. The van der Waals surface area contributed by atoms with E-state index in [0.29, 0.717) is 6.42 Å². The van der Waals surface area contributed by atoms with Crippen LogP contribution in [0.1, 0.15) is 54.4 Å². The lowest BCUT2D eigenvalue weighted by molar-refractivity contribution is 0.0915. The number of rotatable bonds is 4. The fraction of sp³-hybridized carbons (Fsp3) is 0.562. The first-order valence-electron chi connectivity index (χ1n) is 6.94. The third-order valence-electron chi connectivity index (χ3n) is 4.21. The summed E-state index contributed by atoms with van der Waals surface area (Å²) in [6.45, 7) is 2.05. The van der Waals surface area contributed by atoms with Crippen molar-refractivity contribution in [3.63, 3.8) is 0 Å². The van der Waals surface area contributed by atoms with Gasteiger partial charge >= 0.3 is 0 Å². The van der Waals surface area contributed by atoms with Crippen LogP contribution in [-0.2, 0) is 0 Å². The maximum atomic E-state index is 12.3. The Bertz CT molecular complexity index is 402. The molecule has 0 unspecified atom stereocenters. The van der Waals surface area contributed by atoms with E-state index < -0.39 is 0 Å². The van der Waals surface area contributed by atoms with Crippen molar-refractivity contribution in [3.05, 3.63) is 35.4 Å². The second-order valence-electron chi connectivity index (χ2n) is 5.56. The van der Waals surface area contributed by atoms with E-state index in [2.05, 4.69) is 5.32 Å². The number of ketones is 1. The molecule has 0 spiro atoms. The Morgan fingerprint density at radius 2 is 1.78 bits per heavy atom. The highest BCUT2D eigenvalue weighted by molar-refractivity contribution is 5.96. The summed E-state index contributed by atoms with van der Waals surface area (Å²) in [4.78, 5) is 12.3. The molecular weight excluding hydrogens is 222 g/mol. The summed E-state index contributed by atoms with van der Waals surface area (Å²) in [7, 11) is 1.99. The number of aryl methyl sites for hydroxylation is 1. The molecule has 98 valence electrons. The molecule has 1 aromatic carbocycles. The molecule has 0 aromatic heterocycles. The van der Waals surface area contributed by atoms with Crippen LogP contribution >= 0.6 is 0 Å². The number of carbonyl (C=O) groups is 1. The molecular formula is C16H23NO. The van der Waals surface area contributed by atoms with E-state index in [9.17, 15) is 4.79 Å². The first-order chi connectivity index (χ1) is 8.65. The van der Waals surface area contributed by atoms with Crippen LogP contribution in [0.4, 0.5) is 0 Å². The molecule has 0 heterocycles. The zero-order chi connectivity index (χ0) is 13.0. The summed E-state index contributed by atoms with van der Waals surface area (Å²) in [6, 6.07) is 7.92. The first-order valence-corrected chi connectivity index (χ1v) is 6.94. The molecule has 0 aliphatic heterocycles. The predicted molar refractivity (Wildman–Crippen MR) is 75.0 cm³/mol. The molecule has 2 heteroatoms. The molecule has 1 aliphatic rings. The van der Waals surface area contributed by atoms with E-state index in [1.165, 1.54) is 24.8 Å². The highest BCUT2D eigenvalue weighted by Crippen LogP contribution is 2.31. The van der Waals surface area contributed by atoms with Gasteiger partial charge in [0.15, 0.2) is 5.78 Å². The van der Waals surface area contributed by atoms with Crippen molar-refractivity contribution >= 4 is 5.78 Å². The summed E-state index contributed by atoms with van der Waals surface area (Å²) in [5, 5.41) is 3.41. The molecule has 2 nitrogen and oxygen atoms in total. The van der Waals surface area contributed by atoms with Crippen molar-refractivity contribution in [1.29, 1.82) is 0 Å². The first kappa shape index (κ1) is 13.3. The van der Waals surface area contributed by atoms with E-state index in [1.54, 1.807) is 0 Å². The third-order valence-corrected chi connectivity index (χ3v) is 4.21. The van der Waals surface area contributed by atoms with Crippen molar-refractivity contribution in [2.24, 2.45) is 0 Å². The monoisotopic (exact) mass is 245 g/mol. The molecule has 1 N–H and O–H groups in total. The molecule has 0 radical (unpaired) electrons. The van der Waals surface area contributed by atoms with Crippen LogP contribution in [0.15, 0.2) is 24.3 Å². The van der Waals surface area contributed by atoms with Gasteiger partial charge in [-0.05, 0) is 26.8 Å². The van der Waals surface area contributed by atoms with Crippen molar-refractivity contribution in [2.75, 3.05) is 7.05 Å². The molecule has 2 rings (SSSR count). The Morgan fingerprint density at radius 3 is 2.33 bits per heavy atom. The maximum absolute atomic E-state index is 12.3. The molecule has 1 aliphatic carbocycles. The van der Waals surface area contributed by atoms with Crippen molar-refractivity contribution in [3.8, 4) is 0 Å². The van der Waals surface area contributed by atoms with Gasteiger partial charge in [-0.3, -0.25) is 4.79 Å². The van der Waals surface area contributed by atoms with Crippen LogP contribution in [0.2, 0.25) is 0 Å². The lowest BCUT2D eigenvalue weighted by Gasteiger charge is -2.36. The zero-order valence-electron chi connectivity index (χ0n) is 11.5. The van der Waals surface area contributed by atoms with Gasteiger partial charge in [0, 0.05) is 17.5 Å². The highest BCUT2D eigenvalue weighted by Gasteiger charge is 2.32. The average molecular weight is 245 g/mol. The van der Waals surface area contributed by atoms with Crippen molar-refractivity contribution in [2.45, 2.75) is 51.0 Å². The largest absolute Gasteiger partial charge is 0.314 e. The lowest BCUT2D eigenvalue weighted by Crippen LogP contribution is -2.46. The van der Waals surface area contributed by atoms with Crippen LogP contribution < -0.4 is 5.32 Å². The van der Waals surface area contributed by atoms with Gasteiger partial charge in [0.25, 0.3) is 0 Å². The van der Waals surface area contributed by atoms with Crippen LogP contribution in [0, 0.1) is 6.92 Å². The third kappa shape index (κ3) is 2.99. The second-order valence-corrected chi connectivity index (χ2v) is 5.56. The molecule has 0 amide bonds. The van der Waals surface area contributed by atoms with Gasteiger partial charge in [-0.15, -0.1) is 0 Å². The van der Waals surface area contributed by atoms with E-state index >= 15 is 0 Å². The summed E-state index contributed by atoms with van der Waals surface area (Å²) in [5.41, 5.74) is 2.09. The van der Waals surface area contributed by atoms with Crippen molar-refractivity contribution in [1.82, 2.24) is 5.32 Å². The SMILES string of the molecule is CNC1(CC(=O)c2ccc(C)cc2)CCCCC1. The van der Waals surface area contributed by atoms with Crippen LogP contribution in [0.5, 0.6) is 0 Å². The standard InChI is InChI=1S/C16H23NO/c1-13-6-8-14(9-7-13)15(18)12-16(17-2)10-4-3-5-11-16/h6-9,17H,3-5,10-12H2,1-2H3. The molecule has 0 saturated heterocycles. The Hall–Kier alpha value is -1.15. The van der Waals surface area contributed by atoms with Gasteiger partial charge < -0.3 is 5.32 Å². The van der Waals surface area contributed by atoms with Gasteiger partial charge in [-0.1, -0.05) is 49.1 Å². The van der Waals surface area contributed by atoms with Gasteiger partial charge in [-0.2, -0.15) is 0 Å². The summed E-state index contributed by atoms with van der Waals surface area (Å²) >= 11 is 0. The molecule has 1 fully saturated rings. The Kier molecular flexibility index (Phi) is 4.18. The van der Waals surface area contributed by atoms with Crippen LogP contribution in [-0.4, -0.2) is 18.4 Å². The second kappa shape index (κ2) is 5.66. The van der Waals surface area contributed by atoms with Gasteiger partial charge in [0.1, 0.15) is 0 Å². The fourth-order valence-electron chi connectivity index (χ4n) is 2.89. The van der Waals surface area contributed by atoms with Crippen LogP contribution in [0.25, 0.3) is 0 Å². The fourth-order valence-corrected chi connectivity index (χ4v) is 2.89. The minimum absolute atomic E-state index is 0.0419.